The molecule has 0 unspecified atom stereocenters. The van der Waals surface area contributed by atoms with Crippen molar-refractivity contribution >= 4 is 35.1 Å². The number of thioether (sulfide) groups is 1. The molecule has 0 saturated heterocycles. The number of benzene rings is 1. The number of hydrogen-bond donors (Lipinski definition) is 2. The van der Waals surface area contributed by atoms with Gasteiger partial charge in [-0.2, -0.15) is 0 Å². The number of aromatic nitrogens is 2. The van der Waals surface area contributed by atoms with Crippen LogP contribution in [0, 0.1) is 13.8 Å². The molecule has 1 aromatic carbocycles. The normalized spacial score (nSPS) is 10.6. The molecule has 5 nitrogen and oxygen atoms in total. The van der Waals surface area contributed by atoms with E-state index in [4.69, 9.17) is 16.7 Å². The molecule has 7 heteroatoms. The summed E-state index contributed by atoms with van der Waals surface area (Å²) in [5.74, 6) is -0.409. The summed E-state index contributed by atoms with van der Waals surface area (Å²) < 4.78 is 0. The second kappa shape index (κ2) is 8.17. The minimum atomic E-state index is -0.914. The minimum Gasteiger partial charge on any atom is -0.481 e. The van der Waals surface area contributed by atoms with E-state index in [1.165, 1.54) is 16.7 Å². The lowest BCUT2D eigenvalue weighted by molar-refractivity contribution is -0.133. The van der Waals surface area contributed by atoms with Gasteiger partial charge in [-0.3, -0.25) is 4.79 Å². The molecular weight excluding hydrogens is 334 g/mol. The maximum absolute atomic E-state index is 10.6. The molecule has 23 heavy (non-hydrogen) atoms. The molecule has 0 bridgehead atoms. The SMILES string of the molecule is Cc1cccc(CCNc2cc(Cl)nc(SCC(=O)O)n2)c1C. The van der Waals surface area contributed by atoms with Gasteiger partial charge < -0.3 is 10.4 Å². The lowest BCUT2D eigenvalue weighted by Gasteiger charge is -2.10. The molecule has 0 spiro atoms. The maximum Gasteiger partial charge on any atom is 0.313 e. The summed E-state index contributed by atoms with van der Waals surface area (Å²) in [6, 6.07) is 7.91. The highest BCUT2D eigenvalue weighted by Gasteiger charge is 2.07. The molecule has 0 saturated carbocycles. The van der Waals surface area contributed by atoms with Crippen molar-refractivity contribution in [3.63, 3.8) is 0 Å². The van der Waals surface area contributed by atoms with Crippen LogP contribution in [0.15, 0.2) is 29.4 Å². The first-order valence-electron chi connectivity index (χ1n) is 7.14. The van der Waals surface area contributed by atoms with Crippen LogP contribution in [0.1, 0.15) is 16.7 Å². The van der Waals surface area contributed by atoms with Gasteiger partial charge in [0.25, 0.3) is 0 Å². The van der Waals surface area contributed by atoms with Crippen molar-refractivity contribution in [2.75, 3.05) is 17.6 Å². The summed E-state index contributed by atoms with van der Waals surface area (Å²) in [4.78, 5) is 18.9. The molecule has 0 aliphatic rings. The van der Waals surface area contributed by atoms with Crippen LogP contribution in [0.2, 0.25) is 5.15 Å². The molecule has 0 aliphatic heterocycles. The number of rotatable bonds is 7. The Bertz CT molecular complexity index is 710. The zero-order chi connectivity index (χ0) is 16.8. The van der Waals surface area contributed by atoms with Crippen LogP contribution in [0.4, 0.5) is 5.82 Å². The molecule has 2 rings (SSSR count). The van der Waals surface area contributed by atoms with Gasteiger partial charge in [-0.15, -0.1) is 0 Å². The maximum atomic E-state index is 10.6. The van der Waals surface area contributed by atoms with E-state index in [0.29, 0.717) is 22.7 Å². The Hall–Kier alpha value is -1.79. The van der Waals surface area contributed by atoms with E-state index < -0.39 is 5.97 Å². The number of anilines is 1. The first kappa shape index (κ1) is 17.6. The van der Waals surface area contributed by atoms with Crippen LogP contribution in [-0.2, 0) is 11.2 Å². The van der Waals surface area contributed by atoms with Crippen molar-refractivity contribution in [2.45, 2.75) is 25.4 Å². The third-order valence-corrected chi connectivity index (χ3v) is 4.44. The van der Waals surface area contributed by atoms with Crippen molar-refractivity contribution in [2.24, 2.45) is 0 Å². The Balaban J connectivity index is 1.97. The largest absolute Gasteiger partial charge is 0.481 e. The number of aliphatic carboxylic acids is 1. The fourth-order valence-electron chi connectivity index (χ4n) is 2.09. The molecule has 0 amide bonds. The van der Waals surface area contributed by atoms with Crippen molar-refractivity contribution in [1.82, 2.24) is 9.97 Å². The Kier molecular flexibility index (Phi) is 6.24. The second-order valence-corrected chi connectivity index (χ2v) is 6.41. The third-order valence-electron chi connectivity index (χ3n) is 3.42. The predicted octanol–water partition coefficient (Wildman–Crippen LogP) is 3.58. The van der Waals surface area contributed by atoms with Crippen LogP contribution in [0.5, 0.6) is 0 Å². The van der Waals surface area contributed by atoms with E-state index in [0.717, 1.165) is 18.2 Å². The van der Waals surface area contributed by atoms with E-state index in [2.05, 4.69) is 47.3 Å². The summed E-state index contributed by atoms with van der Waals surface area (Å²) in [6.07, 6.45) is 0.868. The third kappa shape index (κ3) is 5.41. The Morgan fingerprint density at radius 1 is 1.35 bits per heavy atom. The van der Waals surface area contributed by atoms with Gasteiger partial charge in [0, 0.05) is 12.6 Å². The lowest BCUT2D eigenvalue weighted by atomic mass is 10.0. The van der Waals surface area contributed by atoms with Crippen molar-refractivity contribution < 1.29 is 9.90 Å². The van der Waals surface area contributed by atoms with Gasteiger partial charge in [0.05, 0.1) is 5.75 Å². The van der Waals surface area contributed by atoms with E-state index in [9.17, 15) is 4.79 Å². The van der Waals surface area contributed by atoms with Crippen LogP contribution in [0.3, 0.4) is 0 Å². The summed E-state index contributed by atoms with van der Waals surface area (Å²) in [5, 5.41) is 12.6. The monoisotopic (exact) mass is 351 g/mol. The van der Waals surface area contributed by atoms with Gasteiger partial charge in [-0.05, 0) is 37.0 Å². The van der Waals surface area contributed by atoms with Crippen LogP contribution >= 0.6 is 23.4 Å². The van der Waals surface area contributed by atoms with Gasteiger partial charge in [-0.1, -0.05) is 41.6 Å². The summed E-state index contributed by atoms with van der Waals surface area (Å²) >= 11 is 7.00. The fourth-order valence-corrected chi connectivity index (χ4v) is 2.90. The zero-order valence-corrected chi connectivity index (χ0v) is 14.5. The number of nitrogens with one attached hydrogen (secondary N) is 1. The average molecular weight is 352 g/mol. The molecule has 0 atom stereocenters. The van der Waals surface area contributed by atoms with Gasteiger partial charge in [-0.25, -0.2) is 9.97 Å². The smallest absolute Gasteiger partial charge is 0.313 e. The summed E-state index contributed by atoms with van der Waals surface area (Å²) in [7, 11) is 0. The predicted molar refractivity (Wildman–Crippen MR) is 93.5 cm³/mol. The van der Waals surface area contributed by atoms with Gasteiger partial charge in [0.2, 0.25) is 0 Å². The molecule has 2 aromatic rings. The second-order valence-electron chi connectivity index (χ2n) is 5.08. The molecular formula is C16H18ClN3O2S. The van der Waals surface area contributed by atoms with Gasteiger partial charge >= 0.3 is 5.97 Å². The van der Waals surface area contributed by atoms with Crippen LogP contribution in [0.25, 0.3) is 0 Å². The first-order chi connectivity index (χ1) is 11.0. The number of carbonyl (C=O) groups is 1. The molecule has 0 fully saturated rings. The number of halogens is 1. The minimum absolute atomic E-state index is 0.0950. The quantitative estimate of drug-likeness (QED) is 0.451. The van der Waals surface area contributed by atoms with E-state index in [-0.39, 0.29) is 5.75 Å². The fraction of sp³-hybridized carbons (Fsp3) is 0.312. The molecule has 0 radical (unpaired) electrons. The van der Waals surface area contributed by atoms with Crippen molar-refractivity contribution in [3.8, 4) is 0 Å². The topological polar surface area (TPSA) is 75.1 Å². The van der Waals surface area contributed by atoms with Gasteiger partial charge in [0.15, 0.2) is 5.16 Å². The highest BCUT2D eigenvalue weighted by atomic mass is 35.5. The Morgan fingerprint density at radius 2 is 2.13 bits per heavy atom. The lowest BCUT2D eigenvalue weighted by Crippen LogP contribution is -2.08. The number of nitrogens with zero attached hydrogens (tertiary/aromatic N) is 2. The summed E-state index contributed by atoms with van der Waals surface area (Å²) in [5.41, 5.74) is 3.87. The zero-order valence-electron chi connectivity index (χ0n) is 13.0. The number of hydrogen-bond acceptors (Lipinski definition) is 5. The average Bonchev–Trinajstić information content (AvgIpc) is 2.49. The highest BCUT2D eigenvalue weighted by Crippen LogP contribution is 2.19. The number of aryl methyl sites for hydroxylation is 1. The summed E-state index contributed by atoms with van der Waals surface area (Å²) in [6.45, 7) is 4.93. The Labute approximate surface area is 144 Å². The van der Waals surface area contributed by atoms with Gasteiger partial charge in [0.1, 0.15) is 11.0 Å². The molecule has 2 N–H and O–H groups in total. The standard InChI is InChI=1S/C16H18ClN3O2S/c1-10-4-3-5-12(11(10)2)6-7-18-14-8-13(17)19-16(20-14)23-9-15(21)22/h3-5,8H,6-7,9H2,1-2H3,(H,21,22)(H,18,19,20). The van der Waals surface area contributed by atoms with E-state index in [1.807, 2.05) is 0 Å². The molecule has 0 aliphatic carbocycles. The van der Waals surface area contributed by atoms with Crippen LogP contribution in [-0.4, -0.2) is 33.3 Å². The highest BCUT2D eigenvalue weighted by molar-refractivity contribution is 7.99. The van der Waals surface area contributed by atoms with Crippen molar-refractivity contribution in [1.29, 1.82) is 0 Å². The van der Waals surface area contributed by atoms with E-state index in [1.54, 1.807) is 6.07 Å². The van der Waals surface area contributed by atoms with E-state index >= 15 is 0 Å². The molecule has 1 aromatic heterocycles. The molecule has 122 valence electrons. The molecule has 1 heterocycles. The number of carboxylic acids is 1. The first-order valence-corrected chi connectivity index (χ1v) is 8.50. The van der Waals surface area contributed by atoms with Crippen LogP contribution < -0.4 is 5.32 Å². The van der Waals surface area contributed by atoms with Crippen molar-refractivity contribution in [3.05, 3.63) is 46.1 Å². The Morgan fingerprint density at radius 3 is 2.87 bits per heavy atom. The number of carboxylic acid groups (broad SMARTS) is 1.